The molecule has 98 valence electrons. The predicted molar refractivity (Wildman–Crippen MR) is 97.3 cm³/mol. The Morgan fingerprint density at radius 3 is 2.83 bits per heavy atom. The van der Waals surface area contributed by atoms with Gasteiger partial charge in [0.05, 0.1) is 0 Å². The molecule has 0 aliphatic heterocycles. The second-order valence-corrected chi connectivity index (χ2v) is 7.80. The van der Waals surface area contributed by atoms with Crippen molar-refractivity contribution >= 4 is 45.2 Å². The van der Waals surface area contributed by atoms with Crippen LogP contribution < -0.4 is 0 Å². The Bertz CT molecular complexity index is 426. The minimum atomic E-state index is 0.247. The molecule has 1 unspecified atom stereocenters. The van der Waals surface area contributed by atoms with Gasteiger partial charge in [0.15, 0.2) is 0 Å². The molecule has 0 amide bonds. The summed E-state index contributed by atoms with van der Waals surface area (Å²) in [6, 6.07) is 0. The average Bonchev–Trinajstić information content (AvgIpc) is 2.54. The Balaban J connectivity index is 2.42. The molecule has 0 aromatic rings. The summed E-state index contributed by atoms with van der Waals surface area (Å²) in [5, 5.41) is 0. The zero-order chi connectivity index (χ0) is 13.3. The van der Waals surface area contributed by atoms with E-state index in [1.807, 2.05) is 0 Å². The van der Waals surface area contributed by atoms with Crippen LogP contribution in [0.2, 0.25) is 0 Å². The zero-order valence-corrected chi connectivity index (χ0v) is 15.3. The van der Waals surface area contributed by atoms with E-state index in [0.29, 0.717) is 17.8 Å². The van der Waals surface area contributed by atoms with E-state index in [2.05, 4.69) is 96.0 Å². The standard InChI is InChI=1S/C16H20I2/c1-4-14-12(6-5-9-17)13-8-7-11(18)10-15(13)16(14,2)3/h4-7,10,12-14H,1,8-9H2,2-3H3/b6-5-/t12?,13-,14+/m1/s1. The molecule has 18 heavy (non-hydrogen) atoms. The van der Waals surface area contributed by atoms with Crippen LogP contribution in [-0.2, 0) is 0 Å². The number of hydrogen-bond donors (Lipinski definition) is 0. The molecule has 0 aromatic heterocycles. The molecule has 2 heteroatoms. The lowest BCUT2D eigenvalue weighted by Gasteiger charge is -2.28. The summed E-state index contributed by atoms with van der Waals surface area (Å²) in [5.74, 6) is 1.86. The first-order chi connectivity index (χ1) is 8.52. The van der Waals surface area contributed by atoms with Crippen molar-refractivity contribution < 1.29 is 0 Å². The van der Waals surface area contributed by atoms with Gasteiger partial charge in [-0.25, -0.2) is 0 Å². The molecule has 1 saturated carbocycles. The maximum atomic E-state index is 4.09. The number of allylic oxidation sites excluding steroid dienone is 7. The van der Waals surface area contributed by atoms with Crippen LogP contribution in [0.5, 0.6) is 0 Å². The highest BCUT2D eigenvalue weighted by Gasteiger charge is 2.49. The largest absolute Gasteiger partial charge is 0.103 e. The normalized spacial score (nSPS) is 34.1. The fourth-order valence-corrected chi connectivity index (χ4v) is 4.43. The molecule has 2 rings (SSSR count). The molecule has 2 aliphatic carbocycles. The molecule has 0 aromatic carbocycles. The van der Waals surface area contributed by atoms with Crippen molar-refractivity contribution in [1.82, 2.24) is 0 Å². The molecule has 2 aliphatic rings. The van der Waals surface area contributed by atoms with Gasteiger partial charge in [-0.2, -0.15) is 0 Å². The zero-order valence-electron chi connectivity index (χ0n) is 11.0. The summed E-state index contributed by atoms with van der Waals surface area (Å²) in [6.45, 7) is 8.85. The molecule has 0 N–H and O–H groups in total. The lowest BCUT2D eigenvalue weighted by atomic mass is 9.76. The van der Waals surface area contributed by atoms with Crippen LogP contribution in [0.1, 0.15) is 20.3 Å². The van der Waals surface area contributed by atoms with Gasteiger partial charge in [-0.3, -0.25) is 0 Å². The number of hydrogen-bond acceptors (Lipinski definition) is 0. The number of alkyl halides is 1. The average molecular weight is 466 g/mol. The van der Waals surface area contributed by atoms with Gasteiger partial charge >= 0.3 is 0 Å². The van der Waals surface area contributed by atoms with Crippen LogP contribution >= 0.6 is 45.2 Å². The van der Waals surface area contributed by atoms with Gasteiger partial charge in [-0.1, -0.05) is 66.3 Å². The van der Waals surface area contributed by atoms with Crippen LogP contribution in [0.3, 0.4) is 0 Å². The highest BCUT2D eigenvalue weighted by Crippen LogP contribution is 2.57. The van der Waals surface area contributed by atoms with Gasteiger partial charge < -0.3 is 0 Å². The minimum absolute atomic E-state index is 0.247. The van der Waals surface area contributed by atoms with Gasteiger partial charge in [0.25, 0.3) is 0 Å². The summed E-state index contributed by atoms with van der Waals surface area (Å²) in [5.41, 5.74) is 1.87. The molecule has 0 saturated heterocycles. The van der Waals surface area contributed by atoms with Gasteiger partial charge in [-0.05, 0) is 58.3 Å². The Kier molecular flexibility index (Phi) is 4.79. The third-order valence-corrected chi connectivity index (χ3v) is 5.68. The van der Waals surface area contributed by atoms with Gasteiger partial charge in [0.1, 0.15) is 0 Å². The Morgan fingerprint density at radius 1 is 1.50 bits per heavy atom. The molecule has 0 radical (unpaired) electrons. The molecular weight excluding hydrogens is 446 g/mol. The first-order valence-electron chi connectivity index (χ1n) is 6.45. The Labute approximate surface area is 138 Å². The van der Waals surface area contributed by atoms with E-state index in [0.717, 1.165) is 4.43 Å². The van der Waals surface area contributed by atoms with E-state index < -0.39 is 0 Å². The highest BCUT2D eigenvalue weighted by atomic mass is 127. The molecule has 0 nitrogen and oxygen atoms in total. The topological polar surface area (TPSA) is 0 Å². The van der Waals surface area contributed by atoms with Gasteiger partial charge in [0.2, 0.25) is 0 Å². The quantitative estimate of drug-likeness (QED) is 0.285. The molecular formula is C16H20I2. The van der Waals surface area contributed by atoms with E-state index >= 15 is 0 Å². The molecule has 1 fully saturated rings. The molecule has 0 heterocycles. The van der Waals surface area contributed by atoms with Crippen LogP contribution in [0.4, 0.5) is 0 Å². The molecule has 0 bridgehead atoms. The van der Waals surface area contributed by atoms with Crippen molar-refractivity contribution in [1.29, 1.82) is 0 Å². The van der Waals surface area contributed by atoms with Crippen LogP contribution in [0.15, 0.2) is 46.1 Å². The van der Waals surface area contributed by atoms with Crippen molar-refractivity contribution in [2.24, 2.45) is 23.2 Å². The Hall–Kier alpha value is 0.420. The Morgan fingerprint density at radius 2 is 2.22 bits per heavy atom. The lowest BCUT2D eigenvalue weighted by Crippen LogP contribution is -2.20. The van der Waals surface area contributed by atoms with Crippen LogP contribution in [0, 0.1) is 23.2 Å². The van der Waals surface area contributed by atoms with Crippen molar-refractivity contribution in [3.8, 4) is 0 Å². The first kappa shape index (κ1) is 14.8. The summed E-state index contributed by atoms with van der Waals surface area (Å²) >= 11 is 4.86. The molecule has 3 atom stereocenters. The second kappa shape index (κ2) is 5.81. The van der Waals surface area contributed by atoms with E-state index in [1.165, 1.54) is 10.0 Å². The maximum absolute atomic E-state index is 4.09. The van der Waals surface area contributed by atoms with Crippen molar-refractivity contribution in [3.05, 3.63) is 46.1 Å². The predicted octanol–water partition coefficient (Wildman–Crippen LogP) is 5.70. The van der Waals surface area contributed by atoms with Crippen molar-refractivity contribution in [2.75, 3.05) is 4.43 Å². The monoisotopic (exact) mass is 466 g/mol. The van der Waals surface area contributed by atoms with Crippen LogP contribution in [0.25, 0.3) is 0 Å². The number of halogens is 2. The van der Waals surface area contributed by atoms with Crippen molar-refractivity contribution in [2.45, 2.75) is 20.3 Å². The number of fused-ring (bicyclic) bond motifs is 1. The molecule has 0 spiro atoms. The van der Waals surface area contributed by atoms with E-state index in [4.69, 9.17) is 0 Å². The van der Waals surface area contributed by atoms with E-state index in [1.54, 1.807) is 5.57 Å². The third-order valence-electron chi connectivity index (χ3n) is 4.42. The fourth-order valence-electron chi connectivity index (χ4n) is 3.55. The fraction of sp³-hybridized carbons (Fsp3) is 0.500. The first-order valence-corrected chi connectivity index (χ1v) is 9.05. The highest BCUT2D eigenvalue weighted by molar-refractivity contribution is 14.1. The third kappa shape index (κ3) is 2.51. The van der Waals surface area contributed by atoms with Crippen molar-refractivity contribution in [3.63, 3.8) is 0 Å². The minimum Gasteiger partial charge on any atom is -0.103 e. The van der Waals surface area contributed by atoms with E-state index in [9.17, 15) is 0 Å². The van der Waals surface area contributed by atoms with Gasteiger partial charge in [0, 0.05) is 8.01 Å². The van der Waals surface area contributed by atoms with Crippen LogP contribution in [-0.4, -0.2) is 4.43 Å². The summed E-state index contributed by atoms with van der Waals surface area (Å²) < 4.78 is 2.49. The second-order valence-electron chi connectivity index (χ2n) is 5.67. The smallest absolute Gasteiger partial charge is 0.0176 e. The lowest BCUT2D eigenvalue weighted by molar-refractivity contribution is 0.324. The summed E-state index contributed by atoms with van der Waals surface area (Å²) in [6.07, 6.45) is 12.9. The summed E-state index contributed by atoms with van der Waals surface area (Å²) in [7, 11) is 0. The van der Waals surface area contributed by atoms with E-state index in [-0.39, 0.29) is 5.41 Å². The number of rotatable bonds is 3. The summed E-state index contributed by atoms with van der Waals surface area (Å²) in [4.78, 5) is 0. The van der Waals surface area contributed by atoms with Gasteiger partial charge in [-0.15, -0.1) is 6.58 Å². The SMILES string of the molecule is C=C[C@H]1C(/C=C\CI)[C@H]2CC=C(I)C=C2C1(C)C. The maximum Gasteiger partial charge on any atom is 0.0176 e.